The van der Waals surface area contributed by atoms with Crippen LogP contribution in [0.15, 0.2) is 66.7 Å². The van der Waals surface area contributed by atoms with Gasteiger partial charge >= 0.3 is 6.09 Å². The van der Waals surface area contributed by atoms with Crippen molar-refractivity contribution in [2.45, 2.75) is 132 Å². The Labute approximate surface area is 355 Å². The first-order valence-electron chi connectivity index (χ1n) is 21.7. The van der Waals surface area contributed by atoms with E-state index in [2.05, 4.69) is 15.4 Å². The molecule has 3 saturated carbocycles. The number of rotatable bonds is 8. The minimum absolute atomic E-state index is 0.0213. The lowest BCUT2D eigenvalue weighted by atomic mass is 10.0. The van der Waals surface area contributed by atoms with Crippen molar-refractivity contribution in [1.29, 1.82) is 0 Å². The van der Waals surface area contributed by atoms with Crippen molar-refractivity contribution >= 4 is 50.4 Å². The maximum absolute atomic E-state index is 14.8. The standard InChI is InChI=1S/C45H53N7O8S/c1-28-18-20-29(21-19-28)36-25-38(52-39(46-36)33-15-10-11-16-34(33)49-52)59-32-24-37-40(53)48-45(42(55)50-61(57,58)44(2)22-23-44)26-30(45)12-6-4-3-5-7-17-35(41(54)51(37)27-32)47-43(56)60-31-13-8-9-14-31/h6,10-12,15-16,18-21,25,30-32,35,37H,3-5,7-9,13-14,17,22-24,26-27H2,1-2H3,(H,47,56)(H,48,53)(H,50,55)/b12-6-/t30-,32-,35+,37+,45-/m1/s1. The molecule has 4 heterocycles. The van der Waals surface area contributed by atoms with Crippen molar-refractivity contribution in [3.05, 3.63) is 72.3 Å². The molecule has 4 fully saturated rings. The molecule has 16 heteroatoms. The summed E-state index contributed by atoms with van der Waals surface area (Å²) in [5, 5.41) is 11.4. The van der Waals surface area contributed by atoms with Gasteiger partial charge in [0, 0.05) is 29.4 Å². The third-order valence-corrected chi connectivity index (χ3v) is 15.4. The predicted octanol–water partition coefficient (Wildman–Crippen LogP) is 5.64. The van der Waals surface area contributed by atoms with Crippen molar-refractivity contribution in [1.82, 2.24) is 34.9 Å². The molecular weight excluding hydrogens is 799 g/mol. The highest BCUT2D eigenvalue weighted by Gasteiger charge is 2.63. The number of nitrogens with one attached hydrogen (secondary N) is 3. The van der Waals surface area contributed by atoms with Gasteiger partial charge in [-0.3, -0.25) is 19.1 Å². The average molecular weight is 852 g/mol. The summed E-state index contributed by atoms with van der Waals surface area (Å²) in [6.45, 7) is 3.59. The monoisotopic (exact) mass is 851 g/mol. The van der Waals surface area contributed by atoms with Crippen molar-refractivity contribution in [2.75, 3.05) is 6.54 Å². The van der Waals surface area contributed by atoms with Gasteiger partial charge in [0.05, 0.1) is 22.5 Å². The number of carbonyl (C=O) groups is 4. The topological polar surface area (TPSA) is 190 Å². The molecule has 15 nitrogen and oxygen atoms in total. The summed E-state index contributed by atoms with van der Waals surface area (Å²) >= 11 is 0. The van der Waals surface area contributed by atoms with Crippen LogP contribution in [-0.4, -0.2) is 92.9 Å². The summed E-state index contributed by atoms with van der Waals surface area (Å²) in [5.41, 5.74) is 2.37. The van der Waals surface area contributed by atoms with Gasteiger partial charge in [-0.1, -0.05) is 67.0 Å². The Bertz CT molecular complexity index is 2510. The van der Waals surface area contributed by atoms with E-state index in [0.717, 1.165) is 55.0 Å². The van der Waals surface area contributed by atoms with Crippen LogP contribution in [0, 0.1) is 12.8 Å². The van der Waals surface area contributed by atoms with E-state index in [9.17, 15) is 27.6 Å². The van der Waals surface area contributed by atoms with E-state index >= 15 is 0 Å². The molecule has 2 aromatic heterocycles. The van der Waals surface area contributed by atoms with E-state index in [1.54, 1.807) is 17.5 Å². The minimum atomic E-state index is -4.01. The lowest BCUT2D eigenvalue weighted by Gasteiger charge is -2.30. The summed E-state index contributed by atoms with van der Waals surface area (Å²) in [4.78, 5) is 63.2. The second kappa shape index (κ2) is 16.1. The van der Waals surface area contributed by atoms with Crippen LogP contribution in [0.25, 0.3) is 27.8 Å². The molecule has 0 bridgehead atoms. The Balaban J connectivity index is 1.05. The number of aromatic nitrogens is 3. The Hall–Kier alpha value is -5.51. The number of sulfonamides is 1. The number of benzene rings is 2. The molecule has 5 atom stereocenters. The van der Waals surface area contributed by atoms with Crippen LogP contribution >= 0.6 is 0 Å². The van der Waals surface area contributed by atoms with Gasteiger partial charge in [-0.05, 0) is 90.2 Å². The molecule has 5 aliphatic rings. The second-order valence-corrected chi connectivity index (χ2v) is 20.0. The zero-order valence-electron chi connectivity index (χ0n) is 34.6. The van der Waals surface area contributed by atoms with Crippen LogP contribution in [0.2, 0.25) is 0 Å². The summed E-state index contributed by atoms with van der Waals surface area (Å²) in [7, 11) is -4.01. The largest absolute Gasteiger partial charge is 0.472 e. The Morgan fingerprint density at radius 1 is 0.951 bits per heavy atom. The SMILES string of the molecule is Cc1ccc(-c2cc(O[C@@H]3C[C@H]4C(=O)N[C@]5(C(=O)NS(=O)(=O)C6(C)CC6)C[C@H]5/C=C\CCCCC[C@H](NC(=O)OC5CCCC5)C(=O)N4C3)n3nc4ccccc4c3n2)cc1. The Kier molecular flexibility index (Phi) is 10.8. The summed E-state index contributed by atoms with van der Waals surface area (Å²) in [5.74, 6) is -1.97. The molecule has 4 amide bonds. The fourth-order valence-corrected chi connectivity index (χ4v) is 10.3. The average Bonchev–Trinajstić information content (AvgIpc) is 3.89. The van der Waals surface area contributed by atoms with E-state index in [0.29, 0.717) is 54.8 Å². The highest BCUT2D eigenvalue weighted by molar-refractivity contribution is 7.91. The van der Waals surface area contributed by atoms with Gasteiger partial charge < -0.3 is 25.0 Å². The number of alkyl carbamates (subject to hydrolysis) is 1. The normalized spacial score (nSPS) is 27.3. The van der Waals surface area contributed by atoms with Gasteiger partial charge in [0.1, 0.15) is 29.8 Å². The Morgan fingerprint density at radius 2 is 1.70 bits per heavy atom. The lowest BCUT2D eigenvalue weighted by molar-refractivity contribution is -0.141. The van der Waals surface area contributed by atoms with E-state index in [1.165, 1.54) is 4.90 Å². The number of amides is 4. The van der Waals surface area contributed by atoms with E-state index in [1.807, 2.05) is 67.6 Å². The summed E-state index contributed by atoms with van der Waals surface area (Å²) in [6.07, 6.45) is 10.0. The molecular formula is C45H53N7O8S. The smallest absolute Gasteiger partial charge is 0.408 e. The summed E-state index contributed by atoms with van der Waals surface area (Å²) < 4.78 is 41.9. The van der Waals surface area contributed by atoms with Crippen molar-refractivity contribution in [2.24, 2.45) is 5.92 Å². The molecule has 3 aliphatic carbocycles. The fourth-order valence-electron chi connectivity index (χ4n) is 9.01. The number of carbonyl (C=O) groups excluding carboxylic acids is 4. The van der Waals surface area contributed by atoms with Crippen LogP contribution in [0.1, 0.15) is 96.0 Å². The third-order valence-electron chi connectivity index (χ3n) is 13.2. The van der Waals surface area contributed by atoms with Crippen molar-refractivity contribution < 1.29 is 37.1 Å². The zero-order valence-corrected chi connectivity index (χ0v) is 35.4. The first kappa shape index (κ1) is 40.9. The van der Waals surface area contributed by atoms with E-state index in [-0.39, 0.29) is 25.5 Å². The molecule has 61 heavy (non-hydrogen) atoms. The number of nitrogens with zero attached hydrogens (tertiary/aromatic N) is 4. The van der Waals surface area contributed by atoms with Gasteiger partial charge in [-0.15, -0.1) is 0 Å². The molecule has 2 aliphatic heterocycles. The van der Waals surface area contributed by atoms with Gasteiger partial charge in [0.15, 0.2) is 5.65 Å². The molecule has 1 saturated heterocycles. The highest BCUT2D eigenvalue weighted by Crippen LogP contribution is 2.47. The predicted molar refractivity (Wildman–Crippen MR) is 227 cm³/mol. The maximum atomic E-state index is 14.8. The van der Waals surface area contributed by atoms with Gasteiger partial charge in [-0.2, -0.15) is 9.61 Å². The van der Waals surface area contributed by atoms with Gasteiger partial charge in [-0.25, -0.2) is 18.2 Å². The van der Waals surface area contributed by atoms with Crippen molar-refractivity contribution in [3.8, 4) is 17.1 Å². The molecule has 0 spiro atoms. The van der Waals surface area contributed by atoms with E-state index < -0.39 is 68.2 Å². The number of ether oxygens (including phenoxy) is 2. The minimum Gasteiger partial charge on any atom is -0.472 e. The van der Waals surface area contributed by atoms with E-state index in [4.69, 9.17) is 19.6 Å². The lowest BCUT2D eigenvalue weighted by Crippen LogP contribution is -2.58. The molecule has 4 aromatic rings. The van der Waals surface area contributed by atoms with Gasteiger partial charge in [0.25, 0.3) is 5.91 Å². The number of hydrogen-bond donors (Lipinski definition) is 3. The highest BCUT2D eigenvalue weighted by atomic mass is 32.2. The van der Waals surface area contributed by atoms with Crippen molar-refractivity contribution in [3.63, 3.8) is 0 Å². The first-order valence-corrected chi connectivity index (χ1v) is 23.2. The van der Waals surface area contributed by atoms with Crippen LogP contribution < -0.4 is 20.1 Å². The maximum Gasteiger partial charge on any atom is 0.408 e. The number of aryl methyl sites for hydroxylation is 1. The third kappa shape index (κ3) is 8.18. The molecule has 322 valence electrons. The molecule has 3 N–H and O–H groups in total. The molecule has 0 unspecified atom stereocenters. The zero-order chi connectivity index (χ0) is 42.5. The number of fused-ring (bicyclic) bond motifs is 5. The van der Waals surface area contributed by atoms with Crippen LogP contribution in [0.5, 0.6) is 5.88 Å². The quantitative estimate of drug-likeness (QED) is 0.187. The van der Waals surface area contributed by atoms with Crippen LogP contribution in [0.3, 0.4) is 0 Å². The number of allylic oxidation sites excluding steroid dienone is 1. The Morgan fingerprint density at radius 3 is 2.48 bits per heavy atom. The molecule has 2 aromatic carbocycles. The fraction of sp³-hybridized carbons (Fsp3) is 0.511. The van der Waals surface area contributed by atoms with Gasteiger partial charge in [0.2, 0.25) is 27.7 Å². The molecule has 0 radical (unpaired) electrons. The van der Waals surface area contributed by atoms with Crippen LogP contribution in [0.4, 0.5) is 4.79 Å². The van der Waals surface area contributed by atoms with Crippen LogP contribution in [-0.2, 0) is 29.1 Å². The molecule has 9 rings (SSSR count). The second-order valence-electron chi connectivity index (χ2n) is 17.8. The number of hydrogen-bond acceptors (Lipinski definition) is 10. The summed E-state index contributed by atoms with van der Waals surface area (Å²) in [6, 6.07) is 15.3. The first-order chi connectivity index (χ1) is 29.3.